The van der Waals surface area contributed by atoms with Gasteiger partial charge in [0.25, 0.3) is 0 Å². The van der Waals surface area contributed by atoms with E-state index < -0.39 is 6.10 Å². The van der Waals surface area contributed by atoms with Gasteiger partial charge in [-0.25, -0.2) is 0 Å². The maximum atomic E-state index is 10.3. The number of benzene rings is 2. The van der Waals surface area contributed by atoms with E-state index in [-0.39, 0.29) is 0 Å². The van der Waals surface area contributed by atoms with Crippen molar-refractivity contribution in [1.29, 1.82) is 0 Å². The molecule has 0 aromatic heterocycles. The van der Waals surface area contributed by atoms with Gasteiger partial charge in [0.1, 0.15) is 18.5 Å². The molecular weight excluding hydrogens is 356 g/mol. The fraction of sp³-hybridized carbons (Fsp3) is 0.455. The molecule has 1 fully saturated rings. The Morgan fingerprint density at radius 2 is 1.74 bits per heavy atom. The number of hydrogen-bond acceptors (Lipinski definition) is 5. The summed E-state index contributed by atoms with van der Waals surface area (Å²) < 4.78 is 5.77. The van der Waals surface area contributed by atoms with E-state index in [2.05, 4.69) is 34.1 Å². The van der Waals surface area contributed by atoms with E-state index in [0.717, 1.165) is 18.8 Å². The van der Waals surface area contributed by atoms with E-state index in [1.807, 2.05) is 49.1 Å². The van der Waals surface area contributed by atoms with Crippen LogP contribution in [0, 0.1) is 0 Å². The van der Waals surface area contributed by atoms with Crippen molar-refractivity contribution in [3.63, 3.8) is 0 Å². The van der Waals surface area contributed by atoms with Gasteiger partial charge in [-0.05, 0) is 30.3 Å². The van der Waals surface area contributed by atoms with Crippen LogP contribution in [-0.4, -0.2) is 65.8 Å². The maximum Gasteiger partial charge on any atom is 0.119 e. The summed E-state index contributed by atoms with van der Waals surface area (Å²) in [5.41, 5.74) is 2.56. The molecule has 1 atom stereocenters. The van der Waals surface area contributed by atoms with Crippen molar-refractivity contribution in [2.45, 2.75) is 19.2 Å². The van der Waals surface area contributed by atoms with Crippen molar-refractivity contribution >= 4 is 11.8 Å². The molecule has 0 aliphatic carbocycles. The number of ether oxygens (including phenoxy) is 1. The van der Waals surface area contributed by atoms with Crippen molar-refractivity contribution in [3.05, 3.63) is 65.7 Å². The predicted octanol–water partition coefficient (Wildman–Crippen LogP) is 3.11. The Hall–Kier alpha value is -1.53. The third-order valence-electron chi connectivity index (χ3n) is 4.69. The molecule has 146 valence electrons. The molecule has 0 spiro atoms. The second-order valence-electron chi connectivity index (χ2n) is 7.18. The van der Waals surface area contributed by atoms with E-state index in [0.29, 0.717) is 13.2 Å². The Kier molecular flexibility index (Phi) is 8.02. The third kappa shape index (κ3) is 7.18. The van der Waals surface area contributed by atoms with Crippen molar-refractivity contribution in [3.8, 4) is 5.75 Å². The fourth-order valence-corrected chi connectivity index (χ4v) is 4.25. The van der Waals surface area contributed by atoms with E-state index in [1.54, 1.807) is 0 Å². The Balaban J connectivity index is 1.38. The van der Waals surface area contributed by atoms with Crippen LogP contribution in [0.2, 0.25) is 0 Å². The molecule has 1 saturated heterocycles. The van der Waals surface area contributed by atoms with Crippen molar-refractivity contribution < 1.29 is 9.84 Å². The standard InChI is InChI=1S/C22H30N2O2S/c1-23(15-19-5-3-2-4-6-19)17-21(25)18-26-22-9-7-20(8-10-22)16-24-11-13-27-14-12-24/h2-10,21,25H,11-18H2,1H3. The van der Waals surface area contributed by atoms with Gasteiger partial charge in [-0.2, -0.15) is 11.8 Å². The Morgan fingerprint density at radius 3 is 2.44 bits per heavy atom. The lowest BCUT2D eigenvalue weighted by molar-refractivity contribution is 0.0744. The molecule has 1 aliphatic rings. The average molecular weight is 387 g/mol. The zero-order valence-electron chi connectivity index (χ0n) is 16.1. The van der Waals surface area contributed by atoms with Crippen molar-refractivity contribution in [2.75, 3.05) is 44.8 Å². The smallest absolute Gasteiger partial charge is 0.119 e. The number of rotatable bonds is 9. The largest absolute Gasteiger partial charge is 0.491 e. The summed E-state index contributed by atoms with van der Waals surface area (Å²) in [6, 6.07) is 18.6. The Bertz CT molecular complexity index is 660. The van der Waals surface area contributed by atoms with Crippen LogP contribution >= 0.6 is 11.8 Å². The van der Waals surface area contributed by atoms with Gasteiger partial charge >= 0.3 is 0 Å². The summed E-state index contributed by atoms with van der Waals surface area (Å²) in [4.78, 5) is 4.61. The van der Waals surface area contributed by atoms with Crippen LogP contribution < -0.4 is 4.74 Å². The molecule has 3 rings (SSSR count). The van der Waals surface area contributed by atoms with E-state index >= 15 is 0 Å². The molecule has 5 heteroatoms. The van der Waals surface area contributed by atoms with E-state index in [9.17, 15) is 5.11 Å². The molecule has 0 saturated carbocycles. The second kappa shape index (κ2) is 10.7. The number of nitrogens with zero attached hydrogens (tertiary/aromatic N) is 2. The van der Waals surface area contributed by atoms with Gasteiger partial charge in [0.15, 0.2) is 0 Å². The normalized spacial score (nSPS) is 16.4. The van der Waals surface area contributed by atoms with E-state index in [4.69, 9.17) is 4.74 Å². The van der Waals surface area contributed by atoms with Gasteiger partial charge in [0.05, 0.1) is 0 Å². The van der Waals surface area contributed by atoms with Crippen LogP contribution in [0.5, 0.6) is 5.75 Å². The molecule has 1 heterocycles. The zero-order valence-corrected chi connectivity index (χ0v) is 16.9. The summed E-state index contributed by atoms with van der Waals surface area (Å²) in [5, 5.41) is 10.3. The summed E-state index contributed by atoms with van der Waals surface area (Å²) >= 11 is 2.04. The molecule has 0 radical (unpaired) electrons. The summed E-state index contributed by atoms with van der Waals surface area (Å²) in [5.74, 6) is 3.29. The summed E-state index contributed by atoms with van der Waals surface area (Å²) in [7, 11) is 2.02. The first-order valence-corrected chi connectivity index (χ1v) is 10.8. The number of likely N-dealkylation sites (N-methyl/N-ethyl adjacent to an activating group) is 1. The molecule has 1 N–H and O–H groups in total. The highest BCUT2D eigenvalue weighted by Gasteiger charge is 2.12. The summed E-state index contributed by atoms with van der Waals surface area (Å²) in [6.07, 6.45) is -0.510. The Labute approximate surface area is 167 Å². The number of aliphatic hydroxyl groups is 1. The first-order valence-electron chi connectivity index (χ1n) is 9.61. The van der Waals surface area contributed by atoms with Crippen LogP contribution in [-0.2, 0) is 13.1 Å². The fourth-order valence-electron chi connectivity index (χ4n) is 3.27. The van der Waals surface area contributed by atoms with Gasteiger partial charge in [0, 0.05) is 44.2 Å². The summed E-state index contributed by atoms with van der Waals surface area (Å²) in [6.45, 7) is 5.06. The number of aliphatic hydroxyl groups excluding tert-OH is 1. The van der Waals surface area contributed by atoms with Gasteiger partial charge in [-0.15, -0.1) is 0 Å². The molecule has 2 aromatic carbocycles. The molecule has 4 nitrogen and oxygen atoms in total. The van der Waals surface area contributed by atoms with Crippen LogP contribution in [0.4, 0.5) is 0 Å². The second-order valence-corrected chi connectivity index (χ2v) is 8.40. The lowest BCUT2D eigenvalue weighted by Gasteiger charge is -2.26. The quantitative estimate of drug-likeness (QED) is 0.717. The number of thioether (sulfide) groups is 1. The molecule has 1 aliphatic heterocycles. The lowest BCUT2D eigenvalue weighted by Crippen LogP contribution is -2.32. The van der Waals surface area contributed by atoms with Crippen LogP contribution in [0.25, 0.3) is 0 Å². The third-order valence-corrected chi connectivity index (χ3v) is 5.64. The topological polar surface area (TPSA) is 35.9 Å². The average Bonchev–Trinajstić information content (AvgIpc) is 2.69. The highest BCUT2D eigenvalue weighted by Crippen LogP contribution is 2.16. The SMILES string of the molecule is CN(Cc1ccccc1)CC(O)COc1ccc(CN2CCSCC2)cc1. The number of hydrogen-bond donors (Lipinski definition) is 1. The first-order chi connectivity index (χ1) is 13.2. The molecular formula is C22H30N2O2S. The van der Waals surface area contributed by atoms with Crippen LogP contribution in [0.1, 0.15) is 11.1 Å². The highest BCUT2D eigenvalue weighted by molar-refractivity contribution is 7.99. The molecule has 2 aromatic rings. The first kappa shape index (κ1) is 20.2. The molecule has 0 bridgehead atoms. The molecule has 1 unspecified atom stereocenters. The predicted molar refractivity (Wildman–Crippen MR) is 113 cm³/mol. The lowest BCUT2D eigenvalue weighted by atomic mass is 10.2. The van der Waals surface area contributed by atoms with E-state index in [1.165, 1.54) is 35.7 Å². The zero-order chi connectivity index (χ0) is 18.9. The minimum absolute atomic E-state index is 0.307. The van der Waals surface area contributed by atoms with Crippen molar-refractivity contribution in [1.82, 2.24) is 9.80 Å². The maximum absolute atomic E-state index is 10.3. The minimum Gasteiger partial charge on any atom is -0.491 e. The minimum atomic E-state index is -0.510. The monoisotopic (exact) mass is 386 g/mol. The van der Waals surface area contributed by atoms with Gasteiger partial charge in [0.2, 0.25) is 0 Å². The Morgan fingerprint density at radius 1 is 1.04 bits per heavy atom. The van der Waals surface area contributed by atoms with Crippen LogP contribution in [0.15, 0.2) is 54.6 Å². The van der Waals surface area contributed by atoms with Gasteiger partial charge < -0.3 is 9.84 Å². The molecule has 0 amide bonds. The van der Waals surface area contributed by atoms with Gasteiger partial charge in [-0.3, -0.25) is 9.80 Å². The van der Waals surface area contributed by atoms with Gasteiger partial charge in [-0.1, -0.05) is 42.5 Å². The highest BCUT2D eigenvalue weighted by atomic mass is 32.2. The molecule has 27 heavy (non-hydrogen) atoms. The van der Waals surface area contributed by atoms with Crippen molar-refractivity contribution in [2.24, 2.45) is 0 Å². The van der Waals surface area contributed by atoms with Crippen LogP contribution in [0.3, 0.4) is 0 Å².